The highest BCUT2D eigenvalue weighted by Gasteiger charge is 2.12. The third-order valence-electron chi connectivity index (χ3n) is 3.47. The van der Waals surface area contributed by atoms with Crippen LogP contribution in [0.25, 0.3) is 11.0 Å². The number of fused-ring (bicyclic) bond motifs is 1. The molecule has 0 amide bonds. The largest absolute Gasteiger partial charge is 0.508 e. The maximum atomic E-state index is 13.3. The molecule has 3 rings (SSSR count). The third-order valence-corrected chi connectivity index (χ3v) is 3.47. The van der Waals surface area contributed by atoms with E-state index in [1.165, 1.54) is 18.2 Å². The van der Waals surface area contributed by atoms with Crippen LogP contribution in [0.15, 0.2) is 42.5 Å². The van der Waals surface area contributed by atoms with E-state index in [9.17, 15) is 9.50 Å². The molecule has 0 fully saturated rings. The van der Waals surface area contributed by atoms with Crippen molar-refractivity contribution >= 4 is 11.0 Å². The van der Waals surface area contributed by atoms with Gasteiger partial charge in [0.25, 0.3) is 0 Å². The molecule has 1 atom stereocenters. The highest BCUT2D eigenvalue weighted by Crippen LogP contribution is 2.24. The summed E-state index contributed by atoms with van der Waals surface area (Å²) in [6, 6.07) is 11.6. The van der Waals surface area contributed by atoms with Crippen molar-refractivity contribution < 1.29 is 9.50 Å². The first-order valence-corrected chi connectivity index (χ1v) is 6.79. The lowest BCUT2D eigenvalue weighted by Gasteiger charge is -2.14. The Balaban J connectivity index is 1.73. The quantitative estimate of drug-likeness (QED) is 0.689. The molecule has 5 heteroatoms. The van der Waals surface area contributed by atoms with Gasteiger partial charge < -0.3 is 15.4 Å². The number of rotatable bonds is 4. The molecule has 0 spiro atoms. The molecule has 108 valence electrons. The van der Waals surface area contributed by atoms with E-state index in [0.717, 1.165) is 16.9 Å². The standard InChI is InChI=1S/C16H16FN3O/c1-10(12-8-11(17)6-7-15(12)21)18-9-16-19-13-4-2-3-5-14(13)20-16/h2-8,10,18,21H,9H2,1H3,(H,19,20). The smallest absolute Gasteiger partial charge is 0.123 e. The molecular formula is C16H16FN3O. The number of aromatic hydroxyl groups is 1. The zero-order valence-corrected chi connectivity index (χ0v) is 11.6. The van der Waals surface area contributed by atoms with Crippen LogP contribution in [-0.2, 0) is 6.54 Å². The minimum Gasteiger partial charge on any atom is -0.508 e. The van der Waals surface area contributed by atoms with Crippen LogP contribution in [0.5, 0.6) is 5.75 Å². The SMILES string of the molecule is CC(NCc1nc2ccccc2[nH]1)c1cc(F)ccc1O. The number of phenolic OH excluding ortho intramolecular Hbond substituents is 1. The van der Waals surface area contributed by atoms with E-state index < -0.39 is 0 Å². The number of nitrogens with zero attached hydrogens (tertiary/aromatic N) is 1. The average Bonchev–Trinajstić information content (AvgIpc) is 2.90. The van der Waals surface area contributed by atoms with Gasteiger partial charge in [0.05, 0.1) is 17.6 Å². The van der Waals surface area contributed by atoms with Crippen molar-refractivity contribution in [3.05, 3.63) is 59.7 Å². The van der Waals surface area contributed by atoms with E-state index in [2.05, 4.69) is 15.3 Å². The predicted molar refractivity (Wildman–Crippen MR) is 79.4 cm³/mol. The van der Waals surface area contributed by atoms with Crippen molar-refractivity contribution in [2.24, 2.45) is 0 Å². The fourth-order valence-electron chi connectivity index (χ4n) is 2.32. The zero-order chi connectivity index (χ0) is 14.8. The van der Waals surface area contributed by atoms with Gasteiger partial charge in [0.15, 0.2) is 0 Å². The average molecular weight is 285 g/mol. The Kier molecular flexibility index (Phi) is 3.58. The number of aromatic nitrogens is 2. The van der Waals surface area contributed by atoms with E-state index in [-0.39, 0.29) is 17.6 Å². The van der Waals surface area contributed by atoms with Crippen molar-refractivity contribution in [3.8, 4) is 5.75 Å². The summed E-state index contributed by atoms with van der Waals surface area (Å²) >= 11 is 0. The molecule has 21 heavy (non-hydrogen) atoms. The Bertz CT molecular complexity index is 736. The number of H-pyrrole nitrogens is 1. The van der Waals surface area contributed by atoms with Crippen molar-refractivity contribution in [1.82, 2.24) is 15.3 Å². The van der Waals surface area contributed by atoms with Crippen molar-refractivity contribution in [1.29, 1.82) is 0 Å². The molecular weight excluding hydrogens is 269 g/mol. The van der Waals surface area contributed by atoms with Crippen molar-refractivity contribution in [3.63, 3.8) is 0 Å². The lowest BCUT2D eigenvalue weighted by atomic mass is 10.1. The number of halogens is 1. The van der Waals surface area contributed by atoms with Crippen molar-refractivity contribution in [2.75, 3.05) is 0 Å². The molecule has 0 saturated heterocycles. The van der Waals surface area contributed by atoms with Gasteiger partial charge >= 0.3 is 0 Å². The third kappa shape index (κ3) is 2.87. The second kappa shape index (κ2) is 5.54. The lowest BCUT2D eigenvalue weighted by Crippen LogP contribution is -2.19. The number of hydrogen-bond donors (Lipinski definition) is 3. The van der Waals surface area contributed by atoms with Crippen molar-refractivity contribution in [2.45, 2.75) is 19.5 Å². The number of imidazole rings is 1. The van der Waals surface area contributed by atoms with Crippen LogP contribution in [0.3, 0.4) is 0 Å². The molecule has 0 saturated carbocycles. The molecule has 3 aromatic rings. The van der Waals surface area contributed by atoms with E-state index in [1.807, 2.05) is 31.2 Å². The molecule has 0 radical (unpaired) electrons. The van der Waals surface area contributed by atoms with Gasteiger partial charge in [-0.25, -0.2) is 9.37 Å². The Morgan fingerprint density at radius 3 is 2.90 bits per heavy atom. The van der Waals surface area contributed by atoms with Gasteiger partial charge in [-0.3, -0.25) is 0 Å². The first kappa shape index (κ1) is 13.6. The number of phenols is 1. The fourth-order valence-corrected chi connectivity index (χ4v) is 2.32. The molecule has 4 nitrogen and oxygen atoms in total. The molecule has 1 aromatic heterocycles. The molecule has 0 bridgehead atoms. The molecule has 0 aliphatic carbocycles. The van der Waals surface area contributed by atoms with Crippen LogP contribution in [-0.4, -0.2) is 15.1 Å². The maximum absolute atomic E-state index is 13.3. The second-order valence-corrected chi connectivity index (χ2v) is 5.01. The summed E-state index contributed by atoms with van der Waals surface area (Å²) in [6.07, 6.45) is 0. The van der Waals surface area contributed by atoms with E-state index in [0.29, 0.717) is 12.1 Å². The number of benzene rings is 2. The summed E-state index contributed by atoms with van der Waals surface area (Å²) < 4.78 is 13.3. The summed E-state index contributed by atoms with van der Waals surface area (Å²) in [7, 11) is 0. The molecule has 0 aliphatic rings. The number of hydrogen-bond acceptors (Lipinski definition) is 3. The topological polar surface area (TPSA) is 60.9 Å². The molecule has 1 unspecified atom stereocenters. The van der Waals surface area contributed by atoms with Gasteiger partial charge in [0.1, 0.15) is 17.4 Å². The molecule has 0 aliphatic heterocycles. The van der Waals surface area contributed by atoms with E-state index in [1.54, 1.807) is 0 Å². The Hall–Kier alpha value is -2.40. The summed E-state index contributed by atoms with van der Waals surface area (Å²) in [5.74, 6) is 0.528. The van der Waals surface area contributed by atoms with Gasteiger partial charge in [-0.05, 0) is 37.3 Å². The van der Waals surface area contributed by atoms with Crippen LogP contribution in [0.1, 0.15) is 24.4 Å². The van der Waals surface area contributed by atoms with Gasteiger partial charge in [-0.1, -0.05) is 12.1 Å². The second-order valence-electron chi connectivity index (χ2n) is 5.01. The first-order valence-electron chi connectivity index (χ1n) is 6.79. The monoisotopic (exact) mass is 285 g/mol. The normalized spacial score (nSPS) is 12.7. The number of para-hydroxylation sites is 2. The maximum Gasteiger partial charge on any atom is 0.123 e. The van der Waals surface area contributed by atoms with Crippen LogP contribution in [0, 0.1) is 5.82 Å². The van der Waals surface area contributed by atoms with Gasteiger partial charge in [-0.15, -0.1) is 0 Å². The zero-order valence-electron chi connectivity index (χ0n) is 11.6. The molecule has 1 heterocycles. The van der Waals surface area contributed by atoms with E-state index >= 15 is 0 Å². The Labute approximate surface area is 121 Å². The Morgan fingerprint density at radius 1 is 1.29 bits per heavy atom. The van der Waals surface area contributed by atoms with Crippen LogP contribution in [0.4, 0.5) is 4.39 Å². The van der Waals surface area contributed by atoms with Crippen LogP contribution < -0.4 is 5.32 Å². The summed E-state index contributed by atoms with van der Waals surface area (Å²) in [4.78, 5) is 7.68. The minimum absolute atomic E-state index is 0.0843. The molecule has 2 aromatic carbocycles. The lowest BCUT2D eigenvalue weighted by molar-refractivity contribution is 0.448. The van der Waals surface area contributed by atoms with Gasteiger partial charge in [0, 0.05) is 11.6 Å². The summed E-state index contributed by atoms with van der Waals surface area (Å²) in [5, 5.41) is 13.0. The number of nitrogens with one attached hydrogen (secondary N) is 2. The Morgan fingerprint density at radius 2 is 2.10 bits per heavy atom. The highest BCUT2D eigenvalue weighted by molar-refractivity contribution is 5.74. The highest BCUT2D eigenvalue weighted by atomic mass is 19.1. The van der Waals surface area contributed by atoms with Gasteiger partial charge in [0.2, 0.25) is 0 Å². The van der Waals surface area contributed by atoms with Crippen LogP contribution in [0.2, 0.25) is 0 Å². The molecule has 3 N–H and O–H groups in total. The predicted octanol–water partition coefficient (Wildman–Crippen LogP) is 3.26. The van der Waals surface area contributed by atoms with E-state index in [4.69, 9.17) is 0 Å². The minimum atomic E-state index is -0.361. The summed E-state index contributed by atoms with van der Waals surface area (Å²) in [6.45, 7) is 2.38. The first-order chi connectivity index (χ1) is 10.1. The number of aromatic amines is 1. The summed E-state index contributed by atoms with van der Waals surface area (Å²) in [5.41, 5.74) is 2.43. The van der Waals surface area contributed by atoms with Gasteiger partial charge in [-0.2, -0.15) is 0 Å². The van der Waals surface area contributed by atoms with Crippen LogP contribution >= 0.6 is 0 Å². The fraction of sp³-hybridized carbons (Fsp3) is 0.188.